The molecule has 2 saturated heterocycles. The maximum atomic E-state index is 12.1. The van der Waals surface area contributed by atoms with E-state index in [0.29, 0.717) is 25.6 Å². The van der Waals surface area contributed by atoms with E-state index in [1.54, 1.807) is 9.96 Å². The van der Waals surface area contributed by atoms with Crippen molar-refractivity contribution in [2.24, 2.45) is 5.92 Å². The van der Waals surface area contributed by atoms with Crippen LogP contribution in [0.5, 0.6) is 0 Å². The van der Waals surface area contributed by atoms with Crippen molar-refractivity contribution < 1.29 is 14.4 Å². The predicted molar refractivity (Wildman–Crippen MR) is 85.0 cm³/mol. The molecule has 0 saturated carbocycles. The summed E-state index contributed by atoms with van der Waals surface area (Å²) in [7, 11) is 0. The van der Waals surface area contributed by atoms with E-state index in [1.807, 2.05) is 40.7 Å². The van der Waals surface area contributed by atoms with Crippen LogP contribution in [0.25, 0.3) is 0 Å². The molecule has 0 aliphatic carbocycles. The zero-order valence-electron chi connectivity index (χ0n) is 14.4. The second kappa shape index (κ2) is 5.63. The van der Waals surface area contributed by atoms with E-state index in [-0.39, 0.29) is 18.1 Å². The number of carbonyl (C=O) groups excluding carboxylic acids is 1. The third kappa shape index (κ3) is 3.55. The highest BCUT2D eigenvalue weighted by Crippen LogP contribution is 2.31. The van der Waals surface area contributed by atoms with E-state index in [0.717, 1.165) is 11.4 Å². The highest BCUT2D eigenvalue weighted by Gasteiger charge is 2.45. The molecule has 0 radical (unpaired) electrons. The smallest absolute Gasteiger partial charge is 0.410 e. The van der Waals surface area contributed by atoms with Crippen molar-refractivity contribution in [1.82, 2.24) is 14.9 Å². The van der Waals surface area contributed by atoms with Crippen LogP contribution in [-0.2, 0) is 9.57 Å². The fourth-order valence-electron chi connectivity index (χ4n) is 2.98. The number of amides is 1. The molecule has 3 heterocycles. The number of hydroxylamine groups is 1. The Bertz CT molecular complexity index is 580. The number of nitrogens with zero attached hydrogens (tertiary/aromatic N) is 4. The molecule has 3 rings (SSSR count). The molecular weight excluding hydrogens is 296 g/mol. The molecule has 126 valence electrons. The Kier molecular flexibility index (Phi) is 3.91. The summed E-state index contributed by atoms with van der Waals surface area (Å²) in [6.45, 7) is 11.4. The van der Waals surface area contributed by atoms with Gasteiger partial charge in [-0.1, -0.05) is 0 Å². The van der Waals surface area contributed by atoms with Gasteiger partial charge in [0.15, 0.2) is 0 Å². The van der Waals surface area contributed by atoms with Crippen LogP contribution in [0.4, 0.5) is 10.7 Å². The standard InChI is InChI=1S/C16H24N4O3/c1-10-6-11(2)18-14(17-10)20-8-12-7-19(9-13(12)23-20)15(21)22-16(3,4)5/h6,12-13H,7-9H2,1-5H3/t12-,13-/m1/s1. The number of hydrogen-bond acceptors (Lipinski definition) is 6. The topological polar surface area (TPSA) is 67.8 Å². The lowest BCUT2D eigenvalue weighted by Crippen LogP contribution is -2.37. The van der Waals surface area contributed by atoms with Crippen LogP contribution >= 0.6 is 0 Å². The Balaban J connectivity index is 1.62. The van der Waals surface area contributed by atoms with Crippen molar-refractivity contribution in [3.63, 3.8) is 0 Å². The first-order valence-corrected chi connectivity index (χ1v) is 7.96. The Morgan fingerprint density at radius 2 is 1.87 bits per heavy atom. The first kappa shape index (κ1) is 16.0. The molecule has 1 aromatic rings. The van der Waals surface area contributed by atoms with Crippen molar-refractivity contribution in [3.8, 4) is 0 Å². The first-order valence-electron chi connectivity index (χ1n) is 7.96. The highest BCUT2D eigenvalue weighted by molar-refractivity contribution is 5.68. The second-order valence-corrected chi connectivity index (χ2v) is 7.30. The molecule has 0 N–H and O–H groups in total. The summed E-state index contributed by atoms with van der Waals surface area (Å²) in [6, 6.07) is 1.94. The van der Waals surface area contributed by atoms with E-state index in [9.17, 15) is 4.79 Å². The van der Waals surface area contributed by atoms with Crippen LogP contribution in [0, 0.1) is 19.8 Å². The van der Waals surface area contributed by atoms with E-state index >= 15 is 0 Å². The Morgan fingerprint density at radius 1 is 1.22 bits per heavy atom. The van der Waals surface area contributed by atoms with Crippen LogP contribution in [-0.4, -0.2) is 52.3 Å². The van der Waals surface area contributed by atoms with Crippen LogP contribution in [0.15, 0.2) is 6.07 Å². The molecule has 0 aromatic carbocycles. The van der Waals surface area contributed by atoms with Gasteiger partial charge in [0.25, 0.3) is 0 Å². The van der Waals surface area contributed by atoms with Gasteiger partial charge in [-0.25, -0.2) is 19.8 Å². The summed E-state index contributed by atoms with van der Waals surface area (Å²) >= 11 is 0. The van der Waals surface area contributed by atoms with E-state index in [4.69, 9.17) is 9.57 Å². The van der Waals surface area contributed by atoms with Crippen molar-refractivity contribution in [1.29, 1.82) is 0 Å². The Labute approximate surface area is 136 Å². The highest BCUT2D eigenvalue weighted by atomic mass is 16.7. The van der Waals surface area contributed by atoms with Gasteiger partial charge in [-0.2, -0.15) is 0 Å². The zero-order valence-corrected chi connectivity index (χ0v) is 14.4. The zero-order chi connectivity index (χ0) is 16.8. The SMILES string of the molecule is Cc1cc(C)nc(N2C[C@H]3CN(C(=O)OC(C)(C)C)C[C@H]3O2)n1. The molecule has 0 unspecified atom stereocenters. The van der Waals surface area contributed by atoms with E-state index < -0.39 is 5.60 Å². The lowest BCUT2D eigenvalue weighted by molar-refractivity contribution is 0.0215. The summed E-state index contributed by atoms with van der Waals surface area (Å²) in [5.74, 6) is 0.854. The summed E-state index contributed by atoms with van der Waals surface area (Å²) in [5, 5.41) is 1.75. The van der Waals surface area contributed by atoms with Gasteiger partial charge in [0.2, 0.25) is 5.95 Å². The van der Waals surface area contributed by atoms with Gasteiger partial charge in [0, 0.05) is 23.9 Å². The largest absolute Gasteiger partial charge is 0.444 e. The quantitative estimate of drug-likeness (QED) is 0.789. The summed E-state index contributed by atoms with van der Waals surface area (Å²) in [6.07, 6.45) is -0.295. The molecule has 2 fully saturated rings. The maximum Gasteiger partial charge on any atom is 0.410 e. The molecule has 23 heavy (non-hydrogen) atoms. The van der Waals surface area contributed by atoms with Crippen molar-refractivity contribution >= 4 is 12.0 Å². The summed E-state index contributed by atoms with van der Waals surface area (Å²) in [4.78, 5) is 28.7. The van der Waals surface area contributed by atoms with Gasteiger partial charge in [-0.3, -0.25) is 4.84 Å². The minimum atomic E-state index is -0.478. The van der Waals surface area contributed by atoms with E-state index in [2.05, 4.69) is 9.97 Å². The molecule has 0 spiro atoms. The van der Waals surface area contributed by atoms with Gasteiger partial charge in [0.05, 0.1) is 13.1 Å². The lowest BCUT2D eigenvalue weighted by atomic mass is 10.1. The van der Waals surface area contributed by atoms with Gasteiger partial charge >= 0.3 is 6.09 Å². The number of aromatic nitrogens is 2. The average molecular weight is 320 g/mol. The van der Waals surface area contributed by atoms with Crippen LogP contribution in [0.3, 0.4) is 0 Å². The van der Waals surface area contributed by atoms with Gasteiger partial charge in [0.1, 0.15) is 11.7 Å². The van der Waals surface area contributed by atoms with Gasteiger partial charge in [-0.05, 0) is 40.7 Å². The minimum Gasteiger partial charge on any atom is -0.444 e. The molecule has 2 atom stereocenters. The van der Waals surface area contributed by atoms with Crippen LogP contribution in [0.2, 0.25) is 0 Å². The average Bonchev–Trinajstić information content (AvgIpc) is 2.92. The fourth-order valence-corrected chi connectivity index (χ4v) is 2.98. The minimum absolute atomic E-state index is 0.0214. The van der Waals surface area contributed by atoms with Crippen LogP contribution < -0.4 is 5.06 Å². The Hall–Kier alpha value is -1.89. The molecule has 0 bridgehead atoms. The third-order valence-corrected chi connectivity index (χ3v) is 3.89. The monoisotopic (exact) mass is 320 g/mol. The second-order valence-electron chi connectivity index (χ2n) is 7.30. The van der Waals surface area contributed by atoms with E-state index in [1.165, 1.54) is 0 Å². The lowest BCUT2D eigenvalue weighted by Gasteiger charge is -2.25. The van der Waals surface area contributed by atoms with Gasteiger partial charge in [-0.15, -0.1) is 0 Å². The molecule has 1 aromatic heterocycles. The molecule has 1 amide bonds. The number of likely N-dealkylation sites (tertiary alicyclic amines) is 1. The molecule has 2 aliphatic rings. The number of ether oxygens (including phenoxy) is 1. The van der Waals surface area contributed by atoms with Gasteiger partial charge < -0.3 is 9.64 Å². The number of fused-ring (bicyclic) bond motifs is 1. The maximum absolute atomic E-state index is 12.1. The van der Waals surface area contributed by atoms with Crippen molar-refractivity contribution in [3.05, 3.63) is 17.5 Å². The van der Waals surface area contributed by atoms with Crippen molar-refractivity contribution in [2.45, 2.75) is 46.3 Å². The predicted octanol–water partition coefficient (Wildman–Crippen LogP) is 2.08. The fraction of sp³-hybridized carbons (Fsp3) is 0.688. The number of hydrogen-bond donors (Lipinski definition) is 0. The Morgan fingerprint density at radius 3 is 2.43 bits per heavy atom. The van der Waals surface area contributed by atoms with Crippen molar-refractivity contribution in [2.75, 3.05) is 24.7 Å². The number of carbonyl (C=O) groups is 1. The molecule has 7 nitrogen and oxygen atoms in total. The first-order chi connectivity index (χ1) is 10.7. The third-order valence-electron chi connectivity index (χ3n) is 3.89. The number of aryl methyl sites for hydroxylation is 2. The van der Waals surface area contributed by atoms with Crippen LogP contribution in [0.1, 0.15) is 32.2 Å². The normalized spacial score (nSPS) is 24.0. The molecule has 2 aliphatic heterocycles. The molecular formula is C16H24N4O3. The summed E-state index contributed by atoms with van der Waals surface area (Å²) in [5.41, 5.74) is 1.36. The number of rotatable bonds is 1. The summed E-state index contributed by atoms with van der Waals surface area (Å²) < 4.78 is 5.42. The molecule has 7 heteroatoms. The number of anilines is 1.